The van der Waals surface area contributed by atoms with E-state index in [0.717, 1.165) is 0 Å². The van der Waals surface area contributed by atoms with E-state index in [1.54, 1.807) is 0 Å². The molecule has 10 atom stereocenters. The minimum absolute atomic E-state index is 0.0623. The van der Waals surface area contributed by atoms with Crippen LogP contribution in [0, 0.1) is 28.1 Å². The van der Waals surface area contributed by atoms with Gasteiger partial charge >= 0.3 is 17.9 Å². The maximum absolute atomic E-state index is 13.3. The monoisotopic (exact) mass is 408 g/mol. The van der Waals surface area contributed by atoms with Gasteiger partial charge in [-0.1, -0.05) is 20.8 Å². The summed E-state index contributed by atoms with van der Waals surface area (Å²) in [5.41, 5.74) is -6.81. The second-order valence-corrected chi connectivity index (χ2v) is 10.6. The number of carbonyl (C=O) groups is 3. The average Bonchev–Trinajstić information content (AvgIpc) is 3.31. The molecule has 4 unspecified atom stereocenters. The van der Waals surface area contributed by atoms with Crippen LogP contribution in [0.15, 0.2) is 0 Å². The van der Waals surface area contributed by atoms with Gasteiger partial charge in [0, 0.05) is 6.42 Å². The molecule has 4 saturated heterocycles. The van der Waals surface area contributed by atoms with E-state index in [-0.39, 0.29) is 17.8 Å². The first-order valence-corrected chi connectivity index (χ1v) is 10.1. The van der Waals surface area contributed by atoms with Gasteiger partial charge in [0.2, 0.25) is 11.9 Å². The third-order valence-corrected chi connectivity index (χ3v) is 8.97. The minimum Gasteiger partial charge on any atom is -0.459 e. The molecule has 0 bridgehead atoms. The van der Waals surface area contributed by atoms with Gasteiger partial charge in [-0.3, -0.25) is 4.79 Å². The van der Waals surface area contributed by atoms with E-state index in [4.69, 9.17) is 18.9 Å². The first kappa shape index (κ1) is 18.1. The molecule has 4 heterocycles. The molecule has 4 aliphatic heterocycles. The first-order chi connectivity index (χ1) is 13.4. The lowest BCUT2D eigenvalue weighted by atomic mass is 9.51. The van der Waals surface area contributed by atoms with E-state index in [9.17, 15) is 24.6 Å². The molecule has 2 N–H and O–H groups in total. The van der Waals surface area contributed by atoms with E-state index < -0.39 is 70.5 Å². The van der Waals surface area contributed by atoms with E-state index in [1.165, 1.54) is 6.92 Å². The van der Waals surface area contributed by atoms with E-state index in [0.29, 0.717) is 6.42 Å². The number of aliphatic hydroxyl groups is 2. The topological polar surface area (TPSA) is 129 Å². The summed E-state index contributed by atoms with van der Waals surface area (Å²) < 4.78 is 22.9. The molecule has 2 spiro atoms. The van der Waals surface area contributed by atoms with Crippen LogP contribution in [0.3, 0.4) is 0 Å². The largest absolute Gasteiger partial charge is 0.459 e. The van der Waals surface area contributed by atoms with Crippen molar-refractivity contribution in [2.45, 2.75) is 76.3 Å². The fourth-order valence-corrected chi connectivity index (χ4v) is 8.06. The average molecular weight is 408 g/mol. The lowest BCUT2D eigenvalue weighted by Gasteiger charge is -2.46. The Morgan fingerprint density at radius 2 is 1.72 bits per heavy atom. The number of aliphatic hydroxyl groups excluding tert-OH is 1. The minimum atomic E-state index is -1.97. The van der Waals surface area contributed by atoms with Crippen molar-refractivity contribution in [2.24, 2.45) is 28.1 Å². The molecule has 0 aromatic carbocycles. The molecule has 29 heavy (non-hydrogen) atoms. The highest BCUT2D eigenvalue weighted by atomic mass is 16.8. The van der Waals surface area contributed by atoms with Gasteiger partial charge in [0.05, 0.1) is 16.7 Å². The number of rotatable bonds is 0. The van der Waals surface area contributed by atoms with E-state index >= 15 is 0 Å². The normalized spacial score (nSPS) is 59.2. The van der Waals surface area contributed by atoms with Crippen LogP contribution < -0.4 is 0 Å². The van der Waals surface area contributed by atoms with Crippen LogP contribution >= 0.6 is 0 Å². The van der Waals surface area contributed by atoms with Crippen molar-refractivity contribution in [3.63, 3.8) is 0 Å². The van der Waals surface area contributed by atoms with Crippen molar-refractivity contribution < 1.29 is 43.5 Å². The summed E-state index contributed by atoms with van der Waals surface area (Å²) in [5.74, 6) is -3.52. The van der Waals surface area contributed by atoms with Crippen LogP contribution in [-0.4, -0.2) is 63.9 Å². The van der Waals surface area contributed by atoms with Gasteiger partial charge in [-0.15, -0.1) is 0 Å². The van der Waals surface area contributed by atoms with Gasteiger partial charge < -0.3 is 29.2 Å². The summed E-state index contributed by atoms with van der Waals surface area (Å²) in [5, 5.41) is 23.0. The van der Waals surface area contributed by atoms with Crippen molar-refractivity contribution in [3.8, 4) is 0 Å². The van der Waals surface area contributed by atoms with Gasteiger partial charge in [-0.05, 0) is 24.7 Å². The Morgan fingerprint density at radius 1 is 1.03 bits per heavy atom. The van der Waals surface area contributed by atoms with Crippen LogP contribution in [0.4, 0.5) is 0 Å². The molecule has 6 rings (SSSR count). The smallest absolute Gasteiger partial charge is 0.342 e. The lowest BCUT2D eigenvalue weighted by molar-refractivity contribution is -0.238. The number of hydrogen-bond donors (Lipinski definition) is 2. The predicted molar refractivity (Wildman–Crippen MR) is 90.6 cm³/mol. The fourth-order valence-electron chi connectivity index (χ4n) is 8.06. The number of hydrogen-bond acceptors (Lipinski definition) is 9. The zero-order chi connectivity index (χ0) is 20.9. The van der Waals surface area contributed by atoms with E-state index in [1.807, 2.05) is 20.8 Å². The summed E-state index contributed by atoms with van der Waals surface area (Å²) in [6.45, 7) is 7.47. The van der Waals surface area contributed by atoms with Crippen LogP contribution in [0.1, 0.15) is 40.5 Å². The lowest BCUT2D eigenvalue weighted by Crippen LogP contribution is -2.66. The molecular formula is C20H24O9. The second-order valence-electron chi connectivity index (χ2n) is 10.6. The Bertz CT molecular complexity index is 893. The summed E-state index contributed by atoms with van der Waals surface area (Å²) in [7, 11) is 0. The molecule has 6 aliphatic rings. The second kappa shape index (κ2) is 4.48. The SMILES string of the molecule is C[C@@H]1C(=O)O[C@@H]2CC34C5CC(C(C)(C)C)[C@]36C(O)C(=O)O[C@@H]6O[C@@]4(C(=O)O5)[C@@]12O. The number of carbonyl (C=O) groups excluding carboxylic acids is 3. The molecule has 0 aromatic rings. The molecule has 2 aliphatic carbocycles. The van der Waals surface area contributed by atoms with Crippen molar-refractivity contribution in [1.82, 2.24) is 0 Å². The molecule has 0 aromatic heterocycles. The molecule has 2 saturated carbocycles. The van der Waals surface area contributed by atoms with Crippen molar-refractivity contribution in [2.75, 3.05) is 0 Å². The zero-order valence-electron chi connectivity index (χ0n) is 16.6. The van der Waals surface area contributed by atoms with Gasteiger partial charge in [-0.2, -0.15) is 0 Å². The Balaban J connectivity index is 1.68. The highest BCUT2D eigenvalue weighted by Crippen LogP contribution is 2.84. The van der Waals surface area contributed by atoms with Crippen molar-refractivity contribution in [1.29, 1.82) is 0 Å². The summed E-state index contributed by atoms with van der Waals surface area (Å²) in [4.78, 5) is 38.1. The highest BCUT2D eigenvalue weighted by molar-refractivity contribution is 5.93. The highest BCUT2D eigenvalue weighted by Gasteiger charge is 3.01. The third kappa shape index (κ3) is 1.35. The maximum atomic E-state index is 13.3. The zero-order valence-corrected chi connectivity index (χ0v) is 16.6. The van der Waals surface area contributed by atoms with Crippen LogP contribution in [0.2, 0.25) is 0 Å². The maximum Gasteiger partial charge on any atom is 0.342 e. The van der Waals surface area contributed by atoms with Gasteiger partial charge in [0.15, 0.2) is 11.7 Å². The Morgan fingerprint density at radius 3 is 2.38 bits per heavy atom. The van der Waals surface area contributed by atoms with Crippen molar-refractivity contribution >= 4 is 17.9 Å². The molecule has 9 heteroatoms. The summed E-state index contributed by atoms with van der Waals surface area (Å²) in [6.07, 6.45) is -3.96. The summed E-state index contributed by atoms with van der Waals surface area (Å²) in [6, 6.07) is 0. The number of ether oxygens (including phenoxy) is 4. The quantitative estimate of drug-likeness (QED) is 0.408. The van der Waals surface area contributed by atoms with Gasteiger partial charge in [-0.25, -0.2) is 9.59 Å². The van der Waals surface area contributed by atoms with Gasteiger partial charge in [0.1, 0.15) is 12.2 Å². The van der Waals surface area contributed by atoms with E-state index in [2.05, 4.69) is 0 Å². The standard InChI is InChI=1S/C20H24O9/c1-7-12(22)26-10-6-17-9-5-8(16(2,3)4)18(17)11(21)13(23)28-15(18)29-20(17,14(24)27-9)19(7,10)25/h7-11,15,21,25H,5-6H2,1-4H3/t7-,8?,9?,10-,11?,15-,17?,18-,19-,20-/m1/s1. The number of fused-ring (bicyclic) bond motifs is 1. The molecule has 158 valence electrons. The molecule has 9 nitrogen and oxygen atoms in total. The number of esters is 3. The third-order valence-electron chi connectivity index (χ3n) is 8.97. The fraction of sp³-hybridized carbons (Fsp3) is 0.850. The molecular weight excluding hydrogens is 384 g/mol. The van der Waals surface area contributed by atoms with Gasteiger partial charge in [0.25, 0.3) is 0 Å². The Hall–Kier alpha value is -1.71. The predicted octanol–water partition coefficient (Wildman–Crippen LogP) is -0.340. The summed E-state index contributed by atoms with van der Waals surface area (Å²) >= 11 is 0. The first-order valence-electron chi connectivity index (χ1n) is 10.1. The Labute approximate surface area is 166 Å². The van der Waals surface area contributed by atoms with Crippen LogP contribution in [0.5, 0.6) is 0 Å². The molecule has 6 fully saturated rings. The van der Waals surface area contributed by atoms with Crippen molar-refractivity contribution in [3.05, 3.63) is 0 Å². The molecule has 0 amide bonds. The Kier molecular flexibility index (Phi) is 2.79. The molecule has 0 radical (unpaired) electrons. The van der Waals surface area contributed by atoms with Crippen LogP contribution in [-0.2, 0) is 33.3 Å². The van der Waals surface area contributed by atoms with Crippen LogP contribution in [0.25, 0.3) is 0 Å².